The van der Waals surface area contributed by atoms with E-state index >= 15 is 0 Å². The number of benzene rings is 1. The highest BCUT2D eigenvalue weighted by molar-refractivity contribution is 7.80. The molecule has 5 N–H and O–H groups in total. The number of carbonyl (C=O) groups excluding carboxylic acids is 2. The quantitative estimate of drug-likeness (QED) is 0.715. The van der Waals surface area contributed by atoms with E-state index in [2.05, 4.69) is 18.0 Å². The number of alkyl halides is 3. The number of ether oxygens (including phenoxy) is 1. The summed E-state index contributed by atoms with van der Waals surface area (Å²) in [5.74, 6) is -1.57. The van der Waals surface area contributed by atoms with Gasteiger partial charge in [0.25, 0.3) is 5.91 Å². The average molecular weight is 321 g/mol. The summed E-state index contributed by atoms with van der Waals surface area (Å²) < 4.78 is 43.4. The van der Waals surface area contributed by atoms with Gasteiger partial charge in [-0.3, -0.25) is 10.1 Å². The zero-order chi connectivity index (χ0) is 16.2. The number of amides is 3. The van der Waals surface area contributed by atoms with Crippen LogP contribution in [0.3, 0.4) is 0 Å². The second-order valence-corrected chi connectivity index (χ2v) is 4.21. The molecule has 0 radical (unpaired) electrons. The van der Waals surface area contributed by atoms with Crippen molar-refractivity contribution in [3.05, 3.63) is 29.3 Å². The highest BCUT2D eigenvalue weighted by Crippen LogP contribution is 2.36. The maximum Gasteiger partial charge on any atom is 0.419 e. The Kier molecular flexibility index (Phi) is 5.08. The molecule has 0 aromatic heterocycles. The molecule has 1 aromatic carbocycles. The number of hydrogen-bond acceptors (Lipinski definition) is 4. The van der Waals surface area contributed by atoms with E-state index in [1.54, 1.807) is 5.32 Å². The fourth-order valence-electron chi connectivity index (χ4n) is 1.35. The van der Waals surface area contributed by atoms with E-state index in [-0.39, 0.29) is 10.6 Å². The monoisotopic (exact) mass is 321 g/mol. The average Bonchev–Trinajstić information content (AvgIpc) is 2.34. The van der Waals surface area contributed by atoms with E-state index < -0.39 is 36.0 Å². The summed E-state index contributed by atoms with van der Waals surface area (Å²) in [7, 11) is 0. The van der Waals surface area contributed by atoms with Crippen molar-refractivity contribution in [2.45, 2.75) is 6.18 Å². The fraction of sp³-hybridized carbons (Fsp3) is 0.182. The lowest BCUT2D eigenvalue weighted by atomic mass is 10.1. The Balaban J connectivity index is 2.99. The fourth-order valence-corrected chi connectivity index (χ4v) is 1.47. The molecule has 10 heteroatoms. The number of thiocarbonyl (C=S) groups is 1. The Morgan fingerprint density at radius 1 is 1.29 bits per heavy atom. The van der Waals surface area contributed by atoms with Crippen LogP contribution in [-0.2, 0) is 11.0 Å². The SMILES string of the molecule is NC(=O)NC(=O)COc1ccc(C(N)=S)cc1C(F)(F)F. The van der Waals surface area contributed by atoms with Crippen molar-refractivity contribution in [3.63, 3.8) is 0 Å². The molecule has 0 unspecified atom stereocenters. The van der Waals surface area contributed by atoms with Crippen LogP contribution in [0.2, 0.25) is 0 Å². The first-order chi connectivity index (χ1) is 9.61. The number of urea groups is 1. The Labute approximate surface area is 122 Å². The Morgan fingerprint density at radius 2 is 1.90 bits per heavy atom. The molecule has 0 spiro atoms. The van der Waals surface area contributed by atoms with Crippen LogP contribution in [0.5, 0.6) is 5.75 Å². The smallest absolute Gasteiger partial charge is 0.419 e. The molecule has 0 saturated carbocycles. The van der Waals surface area contributed by atoms with Gasteiger partial charge in [-0.1, -0.05) is 12.2 Å². The lowest BCUT2D eigenvalue weighted by Gasteiger charge is -2.14. The van der Waals surface area contributed by atoms with Crippen LogP contribution in [0.15, 0.2) is 18.2 Å². The standard InChI is InChI=1S/C11H10F3N3O3S/c12-11(13,14)6-3-5(9(15)21)1-2-7(6)20-4-8(18)17-10(16)19/h1-3H,4H2,(H2,15,21)(H3,16,17,18,19). The van der Waals surface area contributed by atoms with E-state index in [9.17, 15) is 22.8 Å². The first kappa shape index (κ1) is 16.7. The van der Waals surface area contributed by atoms with Crippen molar-refractivity contribution in [3.8, 4) is 5.75 Å². The zero-order valence-corrected chi connectivity index (χ0v) is 11.2. The van der Waals surface area contributed by atoms with Crippen LogP contribution < -0.4 is 21.5 Å². The van der Waals surface area contributed by atoms with Crippen molar-refractivity contribution >= 4 is 29.1 Å². The van der Waals surface area contributed by atoms with Crippen molar-refractivity contribution in [1.82, 2.24) is 5.32 Å². The molecule has 1 rings (SSSR count). The largest absolute Gasteiger partial charge is 0.483 e. The minimum atomic E-state index is -4.73. The summed E-state index contributed by atoms with van der Waals surface area (Å²) >= 11 is 4.60. The summed E-state index contributed by atoms with van der Waals surface area (Å²) in [5, 5.41) is 1.65. The molecule has 0 atom stereocenters. The van der Waals surface area contributed by atoms with Gasteiger partial charge in [-0.25, -0.2) is 4.79 Å². The number of nitrogens with one attached hydrogen (secondary N) is 1. The van der Waals surface area contributed by atoms with Crippen molar-refractivity contribution in [2.75, 3.05) is 6.61 Å². The third-order valence-electron chi connectivity index (χ3n) is 2.19. The van der Waals surface area contributed by atoms with Gasteiger partial charge < -0.3 is 16.2 Å². The highest BCUT2D eigenvalue weighted by atomic mass is 32.1. The molecular formula is C11H10F3N3O3S. The molecule has 1 aromatic rings. The van der Waals surface area contributed by atoms with Gasteiger partial charge in [-0.15, -0.1) is 0 Å². The third-order valence-corrected chi connectivity index (χ3v) is 2.43. The van der Waals surface area contributed by atoms with Gasteiger partial charge in [0.2, 0.25) is 0 Å². The summed E-state index contributed by atoms with van der Waals surface area (Å²) in [4.78, 5) is 21.3. The normalized spacial score (nSPS) is 10.8. The van der Waals surface area contributed by atoms with Crippen molar-refractivity contribution < 1.29 is 27.5 Å². The molecular weight excluding hydrogens is 311 g/mol. The van der Waals surface area contributed by atoms with Crippen LogP contribution in [0.25, 0.3) is 0 Å². The predicted octanol–water partition coefficient (Wildman–Crippen LogP) is 0.913. The zero-order valence-electron chi connectivity index (χ0n) is 10.4. The predicted molar refractivity (Wildman–Crippen MR) is 70.6 cm³/mol. The summed E-state index contributed by atoms with van der Waals surface area (Å²) in [5.41, 5.74) is 8.81. The minimum absolute atomic E-state index is 0.00580. The first-order valence-electron chi connectivity index (χ1n) is 5.34. The third kappa shape index (κ3) is 4.91. The van der Waals surface area contributed by atoms with Crippen LogP contribution >= 0.6 is 12.2 Å². The molecule has 0 aliphatic heterocycles. The number of nitrogens with two attached hydrogens (primary N) is 2. The molecule has 0 bridgehead atoms. The van der Waals surface area contributed by atoms with Crippen LogP contribution in [0.4, 0.5) is 18.0 Å². The number of primary amides is 1. The maximum absolute atomic E-state index is 12.9. The Hall–Kier alpha value is -2.36. The van der Waals surface area contributed by atoms with E-state index in [4.69, 9.17) is 10.5 Å². The van der Waals surface area contributed by atoms with Crippen LogP contribution in [0, 0.1) is 0 Å². The Morgan fingerprint density at radius 3 is 2.38 bits per heavy atom. The molecule has 21 heavy (non-hydrogen) atoms. The van der Waals surface area contributed by atoms with E-state index in [1.807, 2.05) is 0 Å². The second kappa shape index (κ2) is 6.39. The van der Waals surface area contributed by atoms with Gasteiger partial charge in [0, 0.05) is 5.56 Å². The van der Waals surface area contributed by atoms with Gasteiger partial charge >= 0.3 is 12.2 Å². The topological polar surface area (TPSA) is 107 Å². The first-order valence-corrected chi connectivity index (χ1v) is 5.75. The van der Waals surface area contributed by atoms with Gasteiger partial charge in [0.05, 0.1) is 5.56 Å². The lowest BCUT2D eigenvalue weighted by Crippen LogP contribution is -2.38. The van der Waals surface area contributed by atoms with E-state index in [0.29, 0.717) is 6.07 Å². The lowest BCUT2D eigenvalue weighted by molar-refractivity contribution is -0.139. The van der Waals surface area contributed by atoms with Crippen LogP contribution in [0.1, 0.15) is 11.1 Å². The summed E-state index contributed by atoms with van der Waals surface area (Å²) in [6.45, 7) is -0.807. The van der Waals surface area contributed by atoms with E-state index in [1.165, 1.54) is 6.07 Å². The summed E-state index contributed by atoms with van der Waals surface area (Å²) in [6.07, 6.45) is -4.73. The molecule has 6 nitrogen and oxygen atoms in total. The van der Waals surface area contributed by atoms with Gasteiger partial charge in [-0.05, 0) is 18.2 Å². The van der Waals surface area contributed by atoms with Crippen molar-refractivity contribution in [1.29, 1.82) is 0 Å². The molecule has 0 fully saturated rings. The van der Waals surface area contributed by atoms with Gasteiger partial charge in [0.15, 0.2) is 6.61 Å². The van der Waals surface area contributed by atoms with Gasteiger partial charge in [0.1, 0.15) is 10.7 Å². The number of carbonyl (C=O) groups is 2. The molecule has 3 amide bonds. The highest BCUT2D eigenvalue weighted by Gasteiger charge is 2.35. The van der Waals surface area contributed by atoms with Crippen molar-refractivity contribution in [2.24, 2.45) is 11.5 Å². The number of halogens is 3. The minimum Gasteiger partial charge on any atom is -0.483 e. The summed E-state index contributed by atoms with van der Waals surface area (Å²) in [6, 6.07) is 1.78. The molecule has 0 aliphatic carbocycles. The molecule has 0 heterocycles. The number of imide groups is 1. The van der Waals surface area contributed by atoms with Gasteiger partial charge in [-0.2, -0.15) is 13.2 Å². The second-order valence-electron chi connectivity index (χ2n) is 3.77. The molecule has 114 valence electrons. The maximum atomic E-state index is 12.9. The Bertz CT molecular complexity index is 590. The van der Waals surface area contributed by atoms with Crippen LogP contribution in [-0.4, -0.2) is 23.5 Å². The number of hydrogen-bond donors (Lipinski definition) is 3. The molecule has 0 aliphatic rings. The molecule has 0 saturated heterocycles. The number of rotatable bonds is 4. The van der Waals surface area contributed by atoms with E-state index in [0.717, 1.165) is 6.07 Å².